The molecule has 0 amide bonds. The third kappa shape index (κ3) is 5.89. The van der Waals surface area contributed by atoms with Crippen molar-refractivity contribution in [2.24, 2.45) is 0 Å². The van der Waals surface area contributed by atoms with Crippen LogP contribution in [0.15, 0.2) is 0 Å². The molecule has 1 unspecified atom stereocenters. The summed E-state index contributed by atoms with van der Waals surface area (Å²) in [4.78, 5) is 31.4. The fraction of sp³-hybridized carbons (Fsp3) is 0.500. The molecule has 15 heavy (non-hydrogen) atoms. The molecule has 0 aromatic carbocycles. The average Bonchev–Trinajstić information content (AvgIpc) is 2.02. The predicted molar refractivity (Wildman–Crippen MR) is 35.5 cm³/mol. The third-order valence-corrected chi connectivity index (χ3v) is 1.83. The van der Waals surface area contributed by atoms with Gasteiger partial charge in [0.15, 0.2) is 0 Å². The quantitative estimate of drug-likeness (QED) is 0.525. The van der Waals surface area contributed by atoms with Gasteiger partial charge in [0.1, 0.15) is 0 Å². The minimum atomic E-state index is -2.61. The van der Waals surface area contributed by atoms with Crippen LogP contribution < -0.4 is 0 Å². The fourth-order valence-corrected chi connectivity index (χ4v) is 0.877. The van der Waals surface area contributed by atoms with E-state index < -0.39 is 36.4 Å². The summed E-state index contributed by atoms with van der Waals surface area (Å²) in [6.07, 6.45) is -1.95. The standard InChI is InChI=1S/C6H8O7.Cu.Mo/c7-3(8)1-6(13,5(11)12)2-4(9)10;;/h13H,1-2H2,(H,7,8)(H,9,10)(H,11,12);;/q;;+1/p-1. The van der Waals surface area contributed by atoms with E-state index in [9.17, 15) is 19.5 Å². The summed E-state index contributed by atoms with van der Waals surface area (Å²) >= 11 is 0.937. The van der Waals surface area contributed by atoms with E-state index in [1.165, 1.54) is 0 Å². The van der Waals surface area contributed by atoms with E-state index in [2.05, 4.69) is 3.39 Å². The van der Waals surface area contributed by atoms with Gasteiger partial charge in [-0.3, -0.25) is 0 Å². The number of carboxylic acids is 2. The molecule has 0 aliphatic carbocycles. The summed E-state index contributed by atoms with van der Waals surface area (Å²) in [5.41, 5.74) is -2.61. The van der Waals surface area contributed by atoms with Gasteiger partial charge in [-0.1, -0.05) is 0 Å². The Kier molecular flexibility index (Phi) is 7.87. The van der Waals surface area contributed by atoms with E-state index in [1.807, 2.05) is 0 Å². The molecule has 0 saturated heterocycles. The minimum absolute atomic E-state index is 0. The number of hydrogen-bond donors (Lipinski definition) is 3. The molecule has 0 heterocycles. The zero-order valence-electron chi connectivity index (χ0n) is 7.10. The molecule has 0 rings (SSSR count). The number of hydrogen-bond acceptors (Lipinski definition) is 5. The Balaban J connectivity index is 0. The summed E-state index contributed by atoms with van der Waals surface area (Å²) in [5.74, 6) is -4.27. The molecular weight excluding hydrogens is 344 g/mol. The van der Waals surface area contributed by atoms with Gasteiger partial charge in [-0.05, 0) is 0 Å². The Morgan fingerprint density at radius 2 is 1.67 bits per heavy atom. The molecule has 0 bridgehead atoms. The molecule has 0 aliphatic rings. The Hall–Kier alpha value is -0.422. The van der Waals surface area contributed by atoms with Crippen LogP contribution in [0.5, 0.6) is 0 Å². The topological polar surface area (TPSA) is 121 Å². The maximum absolute atomic E-state index is 10.7. The zero-order chi connectivity index (χ0) is 11.4. The van der Waals surface area contributed by atoms with Gasteiger partial charge in [0.2, 0.25) is 0 Å². The van der Waals surface area contributed by atoms with Crippen molar-refractivity contribution >= 4 is 17.9 Å². The van der Waals surface area contributed by atoms with Crippen molar-refractivity contribution in [3.63, 3.8) is 0 Å². The summed E-state index contributed by atoms with van der Waals surface area (Å²) in [6.45, 7) is 0. The van der Waals surface area contributed by atoms with Crippen LogP contribution in [-0.2, 0) is 55.0 Å². The van der Waals surface area contributed by atoms with Crippen molar-refractivity contribution in [3.8, 4) is 0 Å². The first-order valence-corrected chi connectivity index (χ1v) is 4.14. The molecule has 1 radical (unpaired) electrons. The van der Waals surface area contributed by atoms with Gasteiger partial charge < -0.3 is 0 Å². The van der Waals surface area contributed by atoms with Crippen molar-refractivity contribution in [2.75, 3.05) is 0 Å². The predicted octanol–water partition coefficient (Wildman–Crippen LogP) is -1.33. The van der Waals surface area contributed by atoms with E-state index in [4.69, 9.17) is 10.2 Å². The van der Waals surface area contributed by atoms with E-state index in [1.54, 1.807) is 0 Å². The monoisotopic (exact) mass is 352 g/mol. The Morgan fingerprint density at radius 3 is 1.93 bits per heavy atom. The average molecular weight is 351 g/mol. The molecule has 3 N–H and O–H groups in total. The van der Waals surface area contributed by atoms with Gasteiger partial charge in [-0.15, -0.1) is 0 Å². The van der Waals surface area contributed by atoms with Gasteiger partial charge in [0.05, 0.1) is 0 Å². The van der Waals surface area contributed by atoms with Crippen LogP contribution >= 0.6 is 0 Å². The van der Waals surface area contributed by atoms with Gasteiger partial charge in [-0.25, -0.2) is 0 Å². The summed E-state index contributed by atoms with van der Waals surface area (Å²) in [7, 11) is 0. The number of rotatable bonds is 5. The first-order chi connectivity index (χ1) is 6.31. The van der Waals surface area contributed by atoms with Crippen LogP contribution in [0.3, 0.4) is 0 Å². The van der Waals surface area contributed by atoms with E-state index in [-0.39, 0.29) is 17.1 Å². The summed E-state index contributed by atoms with van der Waals surface area (Å²) in [6, 6.07) is 0. The fourth-order valence-electron chi connectivity index (χ4n) is 0.732. The second-order valence-corrected chi connectivity index (χ2v) is 2.95. The maximum Gasteiger partial charge on any atom is 0 e. The molecule has 90 valence electrons. The molecule has 0 fully saturated rings. The number of aliphatic hydroxyl groups is 1. The van der Waals surface area contributed by atoms with Crippen molar-refractivity contribution in [1.82, 2.24) is 0 Å². The molecule has 0 spiro atoms. The molecule has 0 aromatic rings. The Labute approximate surface area is 107 Å². The van der Waals surface area contributed by atoms with Crippen molar-refractivity contribution in [2.45, 2.75) is 18.4 Å². The molecule has 0 saturated carbocycles. The molecular formula is C6H7CuMoO7. The normalized spacial score (nSPS) is 13.1. The number of carbonyl (C=O) groups excluding carboxylic acids is 1. The first kappa shape index (κ1) is 17.0. The smallest absolute Gasteiger partial charge is 0 e. The van der Waals surface area contributed by atoms with Crippen LogP contribution in [0.25, 0.3) is 0 Å². The van der Waals surface area contributed by atoms with Crippen molar-refractivity contribution in [1.29, 1.82) is 0 Å². The van der Waals surface area contributed by atoms with Gasteiger partial charge in [0, 0.05) is 17.1 Å². The largest absolute Gasteiger partial charge is 0 e. The summed E-state index contributed by atoms with van der Waals surface area (Å²) < 4.78 is 4.13. The second kappa shape index (κ2) is 6.95. The van der Waals surface area contributed by atoms with Crippen LogP contribution in [0.1, 0.15) is 12.8 Å². The van der Waals surface area contributed by atoms with E-state index in [0.29, 0.717) is 0 Å². The SMILES string of the molecule is O=C(O)CC(O)(CC(=O)[O][Mo])C(=O)O.[Cu]. The molecule has 7 nitrogen and oxygen atoms in total. The van der Waals surface area contributed by atoms with Crippen LogP contribution in [0.4, 0.5) is 0 Å². The molecule has 0 aromatic heterocycles. The first-order valence-electron chi connectivity index (χ1n) is 3.32. The van der Waals surface area contributed by atoms with Crippen LogP contribution in [-0.4, -0.2) is 38.8 Å². The third-order valence-electron chi connectivity index (χ3n) is 1.37. The van der Waals surface area contributed by atoms with E-state index in [0.717, 1.165) is 20.2 Å². The van der Waals surface area contributed by atoms with Gasteiger partial charge in [-0.2, -0.15) is 0 Å². The van der Waals surface area contributed by atoms with E-state index >= 15 is 0 Å². The number of carboxylic acid groups (broad SMARTS) is 2. The minimum Gasteiger partial charge on any atom is 0 e. The van der Waals surface area contributed by atoms with Crippen molar-refractivity contribution in [3.05, 3.63) is 0 Å². The Morgan fingerprint density at radius 1 is 1.20 bits per heavy atom. The van der Waals surface area contributed by atoms with Gasteiger partial charge in [0.25, 0.3) is 0 Å². The molecule has 1 atom stereocenters. The number of aliphatic carboxylic acids is 2. The van der Waals surface area contributed by atoms with Crippen LogP contribution in [0, 0.1) is 0 Å². The van der Waals surface area contributed by atoms with Gasteiger partial charge >= 0.3 is 89.6 Å². The number of carbonyl (C=O) groups is 3. The van der Waals surface area contributed by atoms with Crippen LogP contribution in [0.2, 0.25) is 0 Å². The Bertz CT molecular complexity index is 268. The molecule has 9 heteroatoms. The molecule has 0 aliphatic heterocycles. The summed E-state index contributed by atoms with van der Waals surface area (Å²) in [5, 5.41) is 26.1. The van der Waals surface area contributed by atoms with Crippen molar-refractivity contribution < 1.29 is 70.4 Å². The maximum atomic E-state index is 10.7. The zero-order valence-corrected chi connectivity index (χ0v) is 10.0. The second-order valence-electron chi connectivity index (χ2n) is 2.54.